The molecule has 0 spiro atoms. The van der Waals surface area contributed by atoms with Gasteiger partial charge in [0.25, 0.3) is 0 Å². The molecule has 1 saturated heterocycles. The van der Waals surface area contributed by atoms with Crippen LogP contribution in [0.4, 0.5) is 5.69 Å². The fourth-order valence-electron chi connectivity index (χ4n) is 4.28. The summed E-state index contributed by atoms with van der Waals surface area (Å²) in [7, 11) is 2.16. The first-order valence-electron chi connectivity index (χ1n) is 9.45. The van der Waals surface area contributed by atoms with Crippen LogP contribution in [0.5, 0.6) is 0 Å². The first kappa shape index (κ1) is 16.8. The van der Waals surface area contributed by atoms with Crippen LogP contribution in [0.2, 0.25) is 0 Å². The molecule has 2 aliphatic heterocycles. The van der Waals surface area contributed by atoms with E-state index in [0.717, 1.165) is 37.5 Å². The summed E-state index contributed by atoms with van der Waals surface area (Å²) in [4.78, 5) is 4.92. The number of likely N-dealkylation sites (tertiary alicyclic amines) is 1. The summed E-state index contributed by atoms with van der Waals surface area (Å²) in [5.41, 5.74) is 3.85. The molecule has 128 valence electrons. The van der Waals surface area contributed by atoms with E-state index in [1.165, 1.54) is 49.9 Å². The summed E-state index contributed by atoms with van der Waals surface area (Å²) in [6.45, 7) is 5.67. The highest BCUT2D eigenvalue weighted by molar-refractivity contribution is 5.56. The Hall–Kier alpha value is -1.06. The van der Waals surface area contributed by atoms with Crippen molar-refractivity contribution >= 4 is 5.69 Å². The van der Waals surface area contributed by atoms with Crippen molar-refractivity contribution in [2.24, 2.45) is 0 Å². The lowest BCUT2D eigenvalue weighted by Gasteiger charge is -2.35. The molecule has 2 atom stereocenters. The second-order valence-electron chi connectivity index (χ2n) is 7.31. The van der Waals surface area contributed by atoms with Crippen LogP contribution in [0.3, 0.4) is 0 Å². The third kappa shape index (κ3) is 3.89. The van der Waals surface area contributed by atoms with Gasteiger partial charge in [-0.1, -0.05) is 25.5 Å². The zero-order valence-corrected chi connectivity index (χ0v) is 14.8. The molecule has 0 amide bonds. The molecule has 1 N–H and O–H groups in total. The highest BCUT2D eigenvalue weighted by atomic mass is 16.3. The van der Waals surface area contributed by atoms with Gasteiger partial charge < -0.3 is 14.9 Å². The van der Waals surface area contributed by atoms with E-state index in [1.54, 1.807) is 0 Å². The smallest absolute Gasteiger partial charge is 0.0802 e. The summed E-state index contributed by atoms with van der Waals surface area (Å²) in [6, 6.07) is 7.29. The van der Waals surface area contributed by atoms with Crippen molar-refractivity contribution in [3.05, 3.63) is 29.3 Å². The third-order valence-electron chi connectivity index (χ3n) is 5.75. The van der Waals surface area contributed by atoms with Gasteiger partial charge in [0.2, 0.25) is 0 Å². The fraction of sp³-hybridized carbons (Fsp3) is 0.700. The van der Waals surface area contributed by atoms with Crippen molar-refractivity contribution in [1.29, 1.82) is 0 Å². The molecule has 2 heterocycles. The number of aliphatic hydroxyl groups is 1. The van der Waals surface area contributed by atoms with E-state index in [0.29, 0.717) is 0 Å². The molecule has 1 aromatic carbocycles. The number of benzene rings is 1. The number of aliphatic hydroxyl groups excluding tert-OH is 1. The molecular formula is C20H32N2O. The topological polar surface area (TPSA) is 26.7 Å². The molecule has 1 fully saturated rings. The van der Waals surface area contributed by atoms with E-state index in [2.05, 4.69) is 42.0 Å². The normalized spacial score (nSPS) is 23.6. The maximum atomic E-state index is 10.6. The standard InChI is InChI=1S/C20H32N2O/c1-3-18-8-4-5-13-22(18)14-11-20(23)17-9-10-19-16(15-17)7-6-12-21(19)2/h9-10,15,18,20,23H,3-8,11-14H2,1-2H3. The Bertz CT molecular complexity index is 516. The second-order valence-corrected chi connectivity index (χ2v) is 7.31. The van der Waals surface area contributed by atoms with Crippen LogP contribution < -0.4 is 4.90 Å². The molecule has 3 heteroatoms. The molecule has 0 aliphatic carbocycles. The molecule has 0 radical (unpaired) electrons. The Morgan fingerprint density at radius 1 is 1.22 bits per heavy atom. The lowest BCUT2D eigenvalue weighted by molar-refractivity contribution is 0.101. The van der Waals surface area contributed by atoms with Crippen molar-refractivity contribution in [2.45, 2.75) is 64.0 Å². The monoisotopic (exact) mass is 316 g/mol. The average molecular weight is 316 g/mol. The Kier molecular flexibility index (Phi) is 5.60. The Labute approximate surface area is 141 Å². The van der Waals surface area contributed by atoms with Crippen LogP contribution in [-0.2, 0) is 6.42 Å². The molecular weight excluding hydrogens is 284 g/mol. The third-order valence-corrected chi connectivity index (χ3v) is 5.75. The molecule has 0 aromatic heterocycles. The summed E-state index contributed by atoms with van der Waals surface area (Å²) < 4.78 is 0. The first-order valence-corrected chi connectivity index (χ1v) is 9.45. The van der Waals surface area contributed by atoms with Crippen LogP contribution in [0.15, 0.2) is 18.2 Å². The number of nitrogens with zero attached hydrogens (tertiary/aromatic N) is 2. The lowest BCUT2D eigenvalue weighted by atomic mass is 9.95. The zero-order chi connectivity index (χ0) is 16.2. The van der Waals surface area contributed by atoms with Crippen LogP contribution in [0, 0.1) is 0 Å². The van der Waals surface area contributed by atoms with Gasteiger partial charge in [0.05, 0.1) is 6.10 Å². The van der Waals surface area contributed by atoms with Crippen molar-refractivity contribution < 1.29 is 5.11 Å². The first-order chi connectivity index (χ1) is 11.2. The summed E-state index contributed by atoms with van der Waals surface area (Å²) >= 11 is 0. The predicted octanol–water partition coefficient (Wildman–Crippen LogP) is 3.76. The maximum Gasteiger partial charge on any atom is 0.0802 e. The van der Waals surface area contributed by atoms with Crippen LogP contribution in [-0.4, -0.2) is 42.7 Å². The number of hydrogen-bond donors (Lipinski definition) is 1. The quantitative estimate of drug-likeness (QED) is 0.896. The van der Waals surface area contributed by atoms with Gasteiger partial charge in [0.1, 0.15) is 0 Å². The molecule has 0 bridgehead atoms. The highest BCUT2D eigenvalue weighted by Gasteiger charge is 2.22. The van der Waals surface area contributed by atoms with Gasteiger partial charge in [-0.05, 0) is 62.3 Å². The lowest BCUT2D eigenvalue weighted by Crippen LogP contribution is -2.40. The fourth-order valence-corrected chi connectivity index (χ4v) is 4.28. The van der Waals surface area contributed by atoms with Gasteiger partial charge in [-0.15, -0.1) is 0 Å². The van der Waals surface area contributed by atoms with Gasteiger partial charge in [0, 0.05) is 31.9 Å². The predicted molar refractivity (Wildman–Crippen MR) is 97.1 cm³/mol. The number of aryl methyl sites for hydroxylation is 1. The summed E-state index contributed by atoms with van der Waals surface area (Å²) in [5.74, 6) is 0. The van der Waals surface area contributed by atoms with Crippen molar-refractivity contribution in [1.82, 2.24) is 4.90 Å². The van der Waals surface area contributed by atoms with Gasteiger partial charge in [0.15, 0.2) is 0 Å². The van der Waals surface area contributed by atoms with Crippen molar-refractivity contribution in [3.8, 4) is 0 Å². The minimum atomic E-state index is -0.327. The molecule has 3 nitrogen and oxygen atoms in total. The Morgan fingerprint density at radius 2 is 2.09 bits per heavy atom. The van der Waals surface area contributed by atoms with Crippen LogP contribution in [0.1, 0.15) is 62.7 Å². The number of piperidine rings is 1. The molecule has 3 rings (SSSR count). The summed E-state index contributed by atoms with van der Waals surface area (Å²) in [5, 5.41) is 10.6. The largest absolute Gasteiger partial charge is 0.388 e. The van der Waals surface area contributed by atoms with E-state index in [4.69, 9.17) is 0 Å². The van der Waals surface area contributed by atoms with E-state index < -0.39 is 0 Å². The summed E-state index contributed by atoms with van der Waals surface area (Å²) in [6.07, 6.45) is 8.14. The van der Waals surface area contributed by atoms with Gasteiger partial charge in [-0.2, -0.15) is 0 Å². The van der Waals surface area contributed by atoms with Gasteiger partial charge in [-0.25, -0.2) is 0 Å². The van der Waals surface area contributed by atoms with Crippen molar-refractivity contribution in [2.75, 3.05) is 31.6 Å². The number of anilines is 1. The van der Waals surface area contributed by atoms with Gasteiger partial charge in [-0.3, -0.25) is 0 Å². The van der Waals surface area contributed by atoms with Crippen LogP contribution >= 0.6 is 0 Å². The van der Waals surface area contributed by atoms with E-state index in [-0.39, 0.29) is 6.10 Å². The van der Waals surface area contributed by atoms with E-state index in [9.17, 15) is 5.11 Å². The number of hydrogen-bond acceptors (Lipinski definition) is 3. The molecule has 23 heavy (non-hydrogen) atoms. The molecule has 0 saturated carbocycles. The highest BCUT2D eigenvalue weighted by Crippen LogP contribution is 2.30. The molecule has 1 aromatic rings. The molecule has 2 aliphatic rings. The average Bonchev–Trinajstić information content (AvgIpc) is 2.59. The maximum absolute atomic E-state index is 10.6. The minimum absolute atomic E-state index is 0.327. The Balaban J connectivity index is 1.61. The van der Waals surface area contributed by atoms with E-state index >= 15 is 0 Å². The number of rotatable bonds is 5. The van der Waals surface area contributed by atoms with E-state index in [1.807, 2.05) is 0 Å². The minimum Gasteiger partial charge on any atom is -0.388 e. The number of fused-ring (bicyclic) bond motifs is 1. The SMILES string of the molecule is CCC1CCCCN1CCC(O)c1ccc2c(c1)CCCN2C. The second kappa shape index (κ2) is 7.67. The van der Waals surface area contributed by atoms with Crippen molar-refractivity contribution in [3.63, 3.8) is 0 Å². The Morgan fingerprint density at radius 3 is 2.91 bits per heavy atom. The zero-order valence-electron chi connectivity index (χ0n) is 14.8. The molecule has 2 unspecified atom stereocenters. The van der Waals surface area contributed by atoms with Crippen LogP contribution in [0.25, 0.3) is 0 Å². The van der Waals surface area contributed by atoms with Gasteiger partial charge >= 0.3 is 0 Å².